The Labute approximate surface area is 106 Å². The molecule has 0 amide bonds. The van der Waals surface area contributed by atoms with E-state index in [2.05, 4.69) is 18.5 Å². The Kier molecular flexibility index (Phi) is 6.88. The van der Waals surface area contributed by atoms with E-state index in [1.807, 2.05) is 0 Å². The lowest BCUT2D eigenvalue weighted by atomic mass is 10.1. The van der Waals surface area contributed by atoms with E-state index in [4.69, 9.17) is 10.2 Å². The van der Waals surface area contributed by atoms with Gasteiger partial charge in [0.05, 0.1) is 0 Å². The van der Waals surface area contributed by atoms with Gasteiger partial charge in [-0.25, -0.2) is 9.59 Å². The van der Waals surface area contributed by atoms with Gasteiger partial charge >= 0.3 is 11.9 Å². The first-order valence-corrected chi connectivity index (χ1v) is 5.28. The van der Waals surface area contributed by atoms with Crippen LogP contribution in [0.4, 0.5) is 0 Å². The minimum absolute atomic E-state index is 0.155. The fraction of sp³-hybridized carbons (Fsp3) is 0.231. The van der Waals surface area contributed by atoms with Crippen molar-refractivity contribution >= 4 is 11.9 Å². The molecule has 0 bridgehead atoms. The van der Waals surface area contributed by atoms with Gasteiger partial charge in [-0.2, -0.15) is 0 Å². The average molecular weight is 251 g/mol. The number of carboxylic acids is 2. The standard InChI is InChI=1S/C13H17NO4/c1-4-6-7-10(5-2)8-11(13(17)18)14-9(3)12(15)16/h4-7,11,14H,1,3,8H2,2H3,(H,15,16)(H,17,18)/b7-6-,10-5+. The zero-order valence-electron chi connectivity index (χ0n) is 10.2. The third-order valence-electron chi connectivity index (χ3n) is 2.16. The summed E-state index contributed by atoms with van der Waals surface area (Å²) in [5.41, 5.74) is 0.415. The summed E-state index contributed by atoms with van der Waals surface area (Å²) in [6.45, 7) is 8.53. The van der Waals surface area contributed by atoms with Crippen LogP contribution in [0.1, 0.15) is 13.3 Å². The van der Waals surface area contributed by atoms with Gasteiger partial charge < -0.3 is 15.5 Å². The van der Waals surface area contributed by atoms with Gasteiger partial charge in [-0.3, -0.25) is 0 Å². The zero-order valence-corrected chi connectivity index (χ0v) is 10.2. The maximum Gasteiger partial charge on any atom is 0.351 e. The van der Waals surface area contributed by atoms with Crippen LogP contribution in [-0.2, 0) is 9.59 Å². The molecule has 0 aliphatic rings. The molecule has 98 valence electrons. The molecule has 0 saturated heterocycles. The lowest BCUT2D eigenvalue weighted by Gasteiger charge is -2.15. The second-order valence-electron chi connectivity index (χ2n) is 3.48. The van der Waals surface area contributed by atoms with Gasteiger partial charge in [0, 0.05) is 6.42 Å². The van der Waals surface area contributed by atoms with Crippen LogP contribution >= 0.6 is 0 Å². The Morgan fingerprint density at radius 2 is 2.00 bits per heavy atom. The van der Waals surface area contributed by atoms with E-state index >= 15 is 0 Å². The second-order valence-corrected chi connectivity index (χ2v) is 3.48. The second kappa shape index (κ2) is 7.89. The summed E-state index contributed by atoms with van der Waals surface area (Å²) in [6.07, 6.45) is 6.88. The Hall–Kier alpha value is -2.30. The first-order chi connectivity index (χ1) is 8.42. The van der Waals surface area contributed by atoms with Crippen molar-refractivity contribution in [1.82, 2.24) is 5.32 Å². The molecule has 5 nitrogen and oxygen atoms in total. The fourth-order valence-corrected chi connectivity index (χ4v) is 1.18. The first kappa shape index (κ1) is 15.7. The van der Waals surface area contributed by atoms with E-state index < -0.39 is 18.0 Å². The van der Waals surface area contributed by atoms with Crippen molar-refractivity contribution in [2.45, 2.75) is 19.4 Å². The average Bonchev–Trinajstić information content (AvgIpc) is 2.32. The molecule has 3 N–H and O–H groups in total. The first-order valence-electron chi connectivity index (χ1n) is 5.28. The largest absolute Gasteiger partial charge is 0.480 e. The normalized spacial score (nSPS) is 13.1. The summed E-state index contributed by atoms with van der Waals surface area (Å²) in [7, 11) is 0. The molecular formula is C13H17NO4. The van der Waals surface area contributed by atoms with Gasteiger partial charge in [-0.1, -0.05) is 37.5 Å². The van der Waals surface area contributed by atoms with Crippen molar-refractivity contribution in [2.75, 3.05) is 0 Å². The van der Waals surface area contributed by atoms with Crippen LogP contribution in [0, 0.1) is 0 Å². The number of rotatable bonds is 8. The number of hydrogen-bond acceptors (Lipinski definition) is 3. The van der Waals surface area contributed by atoms with Crippen molar-refractivity contribution in [3.05, 3.63) is 48.7 Å². The fourth-order valence-electron chi connectivity index (χ4n) is 1.18. The van der Waals surface area contributed by atoms with Crippen LogP contribution in [0.3, 0.4) is 0 Å². The number of allylic oxidation sites excluding steroid dienone is 4. The summed E-state index contributed by atoms with van der Waals surface area (Å²) in [6, 6.07) is -1.03. The molecule has 0 fully saturated rings. The van der Waals surface area contributed by atoms with Crippen molar-refractivity contribution < 1.29 is 19.8 Å². The van der Waals surface area contributed by atoms with Crippen LogP contribution in [0.2, 0.25) is 0 Å². The van der Waals surface area contributed by atoms with Crippen LogP contribution in [0.25, 0.3) is 0 Å². The van der Waals surface area contributed by atoms with Crippen molar-refractivity contribution in [1.29, 1.82) is 0 Å². The molecule has 0 aromatic rings. The predicted octanol–water partition coefficient (Wildman–Crippen LogP) is 1.71. The summed E-state index contributed by atoms with van der Waals surface area (Å²) in [5.74, 6) is -2.41. The van der Waals surface area contributed by atoms with Crippen LogP contribution in [-0.4, -0.2) is 28.2 Å². The maximum atomic E-state index is 11.0. The summed E-state index contributed by atoms with van der Waals surface area (Å²) in [5, 5.41) is 20.0. The zero-order chi connectivity index (χ0) is 14.1. The van der Waals surface area contributed by atoms with E-state index in [1.165, 1.54) is 0 Å². The Morgan fingerprint density at radius 1 is 1.39 bits per heavy atom. The number of carboxylic acid groups (broad SMARTS) is 2. The highest BCUT2D eigenvalue weighted by atomic mass is 16.4. The van der Waals surface area contributed by atoms with E-state index in [0.717, 1.165) is 5.57 Å². The number of hydrogen-bond donors (Lipinski definition) is 3. The molecule has 18 heavy (non-hydrogen) atoms. The Bertz CT molecular complexity index is 407. The van der Waals surface area contributed by atoms with E-state index in [1.54, 1.807) is 31.2 Å². The van der Waals surface area contributed by atoms with Crippen molar-refractivity contribution in [2.24, 2.45) is 0 Å². The molecule has 0 aliphatic carbocycles. The molecule has 0 heterocycles. The molecule has 1 unspecified atom stereocenters. The summed E-state index contributed by atoms with van der Waals surface area (Å²) < 4.78 is 0. The molecular weight excluding hydrogens is 234 g/mol. The van der Waals surface area contributed by atoms with Gasteiger partial charge in [0.15, 0.2) is 0 Å². The predicted molar refractivity (Wildman–Crippen MR) is 69.0 cm³/mol. The highest BCUT2D eigenvalue weighted by molar-refractivity contribution is 5.86. The van der Waals surface area contributed by atoms with E-state index in [-0.39, 0.29) is 12.1 Å². The molecule has 0 aromatic carbocycles. The molecule has 0 radical (unpaired) electrons. The Morgan fingerprint density at radius 3 is 2.39 bits per heavy atom. The van der Waals surface area contributed by atoms with E-state index in [0.29, 0.717) is 0 Å². The minimum Gasteiger partial charge on any atom is -0.480 e. The molecule has 0 spiro atoms. The third kappa shape index (κ3) is 5.69. The SMILES string of the molecule is C=C/C=C\C(=C/C)CC(NC(=C)C(=O)O)C(=O)O. The Balaban J connectivity index is 4.77. The lowest BCUT2D eigenvalue weighted by Crippen LogP contribution is -2.38. The molecule has 0 aromatic heterocycles. The van der Waals surface area contributed by atoms with Crippen LogP contribution in [0.5, 0.6) is 0 Å². The van der Waals surface area contributed by atoms with Gasteiger partial charge in [0.1, 0.15) is 11.7 Å². The molecule has 1 atom stereocenters. The van der Waals surface area contributed by atoms with Crippen LogP contribution in [0.15, 0.2) is 48.7 Å². The van der Waals surface area contributed by atoms with Gasteiger partial charge in [0.2, 0.25) is 0 Å². The molecule has 5 heteroatoms. The topological polar surface area (TPSA) is 86.6 Å². The van der Waals surface area contributed by atoms with Crippen molar-refractivity contribution in [3.63, 3.8) is 0 Å². The quantitative estimate of drug-likeness (QED) is 0.451. The highest BCUT2D eigenvalue weighted by Crippen LogP contribution is 2.09. The van der Waals surface area contributed by atoms with Gasteiger partial charge in [0.25, 0.3) is 0 Å². The lowest BCUT2D eigenvalue weighted by molar-refractivity contribution is -0.139. The van der Waals surface area contributed by atoms with E-state index in [9.17, 15) is 9.59 Å². The summed E-state index contributed by atoms with van der Waals surface area (Å²) >= 11 is 0. The van der Waals surface area contributed by atoms with Crippen LogP contribution < -0.4 is 5.32 Å². The smallest absolute Gasteiger partial charge is 0.351 e. The monoisotopic (exact) mass is 251 g/mol. The molecule has 0 rings (SSSR count). The molecule has 0 aliphatic heterocycles. The molecule has 0 saturated carbocycles. The summed E-state index contributed by atoms with van der Waals surface area (Å²) in [4.78, 5) is 21.6. The van der Waals surface area contributed by atoms with Crippen molar-refractivity contribution in [3.8, 4) is 0 Å². The minimum atomic E-state index is -1.27. The third-order valence-corrected chi connectivity index (χ3v) is 2.16. The number of nitrogens with one attached hydrogen (secondary N) is 1. The maximum absolute atomic E-state index is 11.0. The highest BCUT2D eigenvalue weighted by Gasteiger charge is 2.20. The number of carbonyl (C=O) groups is 2. The van der Waals surface area contributed by atoms with Gasteiger partial charge in [-0.15, -0.1) is 0 Å². The number of aliphatic carboxylic acids is 2. The van der Waals surface area contributed by atoms with Gasteiger partial charge in [-0.05, 0) is 12.5 Å².